The van der Waals surface area contributed by atoms with Gasteiger partial charge in [-0.2, -0.15) is 0 Å². The Kier molecular flexibility index (Phi) is 6.04. The van der Waals surface area contributed by atoms with E-state index in [1.165, 1.54) is 23.5 Å². The Bertz CT molecular complexity index is 1440. The molecular weight excluding hydrogens is 469 g/mol. The van der Waals surface area contributed by atoms with Gasteiger partial charge < -0.3 is 20.5 Å². The van der Waals surface area contributed by atoms with E-state index < -0.39 is 17.5 Å². The number of amides is 1. The van der Waals surface area contributed by atoms with Gasteiger partial charge in [0.05, 0.1) is 22.7 Å². The number of halogens is 1. The zero-order chi connectivity index (χ0) is 25.2. The van der Waals surface area contributed by atoms with Crippen LogP contribution in [0.1, 0.15) is 10.4 Å². The SMILES string of the molecule is N/C=C\N(N)c1ncc(F)c2c(C(=O)C(=O)N3CCN(c4nonc4-c4ccccc4)CC3)c[nH]c12. The van der Waals surface area contributed by atoms with Gasteiger partial charge in [-0.15, -0.1) is 0 Å². The number of benzene rings is 1. The van der Waals surface area contributed by atoms with Crippen molar-refractivity contribution in [1.82, 2.24) is 25.2 Å². The van der Waals surface area contributed by atoms with E-state index in [4.69, 9.17) is 16.2 Å². The van der Waals surface area contributed by atoms with Gasteiger partial charge in [-0.05, 0) is 10.3 Å². The van der Waals surface area contributed by atoms with E-state index >= 15 is 0 Å². The van der Waals surface area contributed by atoms with Crippen LogP contribution in [-0.4, -0.2) is 63.1 Å². The number of ketones is 1. The van der Waals surface area contributed by atoms with Crippen LogP contribution >= 0.6 is 0 Å². The zero-order valence-electron chi connectivity index (χ0n) is 19.0. The molecule has 12 nitrogen and oxygen atoms in total. The average Bonchev–Trinajstić information content (AvgIpc) is 3.57. The first-order valence-electron chi connectivity index (χ1n) is 11.0. The van der Waals surface area contributed by atoms with Gasteiger partial charge in [0.15, 0.2) is 17.3 Å². The van der Waals surface area contributed by atoms with Crippen molar-refractivity contribution in [2.24, 2.45) is 11.6 Å². The molecule has 1 aromatic carbocycles. The van der Waals surface area contributed by atoms with E-state index in [2.05, 4.69) is 20.3 Å². The molecule has 13 heteroatoms. The van der Waals surface area contributed by atoms with Crippen molar-refractivity contribution >= 4 is 34.2 Å². The van der Waals surface area contributed by atoms with Crippen molar-refractivity contribution in [2.75, 3.05) is 36.1 Å². The number of hydrazine groups is 1. The fourth-order valence-electron chi connectivity index (χ4n) is 4.18. The van der Waals surface area contributed by atoms with Gasteiger partial charge >= 0.3 is 0 Å². The molecule has 0 radical (unpaired) electrons. The Labute approximate surface area is 203 Å². The molecule has 1 aliphatic rings. The van der Waals surface area contributed by atoms with Crippen LogP contribution in [0.4, 0.5) is 16.0 Å². The number of nitrogens with two attached hydrogens (primary N) is 2. The highest BCUT2D eigenvalue weighted by Crippen LogP contribution is 2.30. The maximum absolute atomic E-state index is 14.7. The number of H-pyrrole nitrogens is 1. The van der Waals surface area contributed by atoms with Crippen LogP contribution in [-0.2, 0) is 4.79 Å². The molecule has 0 saturated carbocycles. The summed E-state index contributed by atoms with van der Waals surface area (Å²) in [6.45, 7) is 1.36. The number of Topliss-reactive ketones (excluding diaryl/α,β-unsaturated/α-hetero) is 1. The molecule has 36 heavy (non-hydrogen) atoms. The molecule has 0 bridgehead atoms. The van der Waals surface area contributed by atoms with E-state index in [0.29, 0.717) is 24.6 Å². The van der Waals surface area contributed by atoms with Crippen LogP contribution in [0.3, 0.4) is 0 Å². The number of nitrogens with zero attached hydrogens (tertiary/aromatic N) is 6. The lowest BCUT2D eigenvalue weighted by Gasteiger charge is -2.34. The molecule has 4 heterocycles. The van der Waals surface area contributed by atoms with Gasteiger partial charge in [-0.25, -0.2) is 19.8 Å². The number of hydrogen-bond acceptors (Lipinski definition) is 10. The predicted octanol–water partition coefficient (Wildman–Crippen LogP) is 1.39. The third-order valence-corrected chi connectivity index (χ3v) is 5.96. The quantitative estimate of drug-likeness (QED) is 0.155. The molecule has 0 unspecified atom stereocenters. The Morgan fingerprint density at radius 1 is 1.14 bits per heavy atom. The summed E-state index contributed by atoms with van der Waals surface area (Å²) in [4.78, 5) is 36.3. The maximum atomic E-state index is 14.7. The highest BCUT2D eigenvalue weighted by molar-refractivity contribution is 6.45. The van der Waals surface area contributed by atoms with Crippen LogP contribution in [0.2, 0.25) is 0 Å². The van der Waals surface area contributed by atoms with E-state index in [9.17, 15) is 14.0 Å². The molecule has 5 rings (SSSR count). The second-order valence-corrected chi connectivity index (χ2v) is 8.04. The number of nitrogens with one attached hydrogen (secondary N) is 1. The zero-order valence-corrected chi connectivity index (χ0v) is 19.0. The Balaban J connectivity index is 1.33. The molecule has 0 aliphatic carbocycles. The Hall–Kier alpha value is -4.78. The fraction of sp³-hybridized carbons (Fsp3) is 0.174. The second kappa shape index (κ2) is 9.46. The van der Waals surface area contributed by atoms with Gasteiger partial charge in [0.2, 0.25) is 5.82 Å². The lowest BCUT2D eigenvalue weighted by Crippen LogP contribution is -2.50. The first-order chi connectivity index (χ1) is 17.5. The molecule has 0 spiro atoms. The smallest absolute Gasteiger partial charge is 0.295 e. The topological polar surface area (TPSA) is 163 Å². The molecule has 1 fully saturated rings. The van der Waals surface area contributed by atoms with Gasteiger partial charge in [0.1, 0.15) is 0 Å². The molecule has 1 saturated heterocycles. The minimum absolute atomic E-state index is 0.0703. The van der Waals surface area contributed by atoms with Gasteiger partial charge in [-0.3, -0.25) is 14.6 Å². The summed E-state index contributed by atoms with van der Waals surface area (Å²) in [7, 11) is 0. The number of carbonyl (C=O) groups excluding carboxylic acids is 2. The molecule has 4 aromatic rings. The molecular formula is C23H22FN9O3. The van der Waals surface area contributed by atoms with E-state index in [-0.39, 0.29) is 35.4 Å². The molecule has 1 amide bonds. The number of pyridine rings is 1. The molecule has 0 atom stereocenters. The first-order valence-corrected chi connectivity index (χ1v) is 11.0. The standard InChI is InChI=1S/C23H22FN9O3/c24-16-13-28-21(33(26)7-6-25)19-17(16)15(12-27-19)20(34)23(35)32-10-8-31(9-11-32)22-18(29-36-30-22)14-4-2-1-3-5-14/h1-7,12-13,27H,8-11,25-26H2/b7-6-. The first kappa shape index (κ1) is 23.0. The molecule has 5 N–H and O–H groups in total. The number of carbonyl (C=O) groups is 2. The second-order valence-electron chi connectivity index (χ2n) is 8.04. The van der Waals surface area contributed by atoms with Crippen molar-refractivity contribution in [3.63, 3.8) is 0 Å². The van der Waals surface area contributed by atoms with Crippen LogP contribution in [0, 0.1) is 5.82 Å². The highest BCUT2D eigenvalue weighted by atomic mass is 19.1. The van der Waals surface area contributed by atoms with Gasteiger partial charge in [-0.1, -0.05) is 30.3 Å². The number of hydrogen-bond donors (Lipinski definition) is 3. The summed E-state index contributed by atoms with van der Waals surface area (Å²) in [5.41, 5.74) is 6.89. The third-order valence-electron chi connectivity index (χ3n) is 5.96. The monoisotopic (exact) mass is 491 g/mol. The lowest BCUT2D eigenvalue weighted by atomic mass is 10.1. The number of piperazine rings is 1. The van der Waals surface area contributed by atoms with Crippen LogP contribution in [0.15, 0.2) is 59.8 Å². The fourth-order valence-corrected chi connectivity index (χ4v) is 4.18. The maximum Gasteiger partial charge on any atom is 0.295 e. The van der Waals surface area contributed by atoms with E-state index in [1.807, 2.05) is 35.2 Å². The van der Waals surface area contributed by atoms with Crippen molar-refractivity contribution in [3.05, 3.63) is 66.5 Å². The summed E-state index contributed by atoms with van der Waals surface area (Å²) in [5, 5.41) is 9.06. The summed E-state index contributed by atoms with van der Waals surface area (Å²) < 4.78 is 19.6. The Morgan fingerprint density at radius 3 is 2.61 bits per heavy atom. The third kappa shape index (κ3) is 4.01. The number of aromatic nitrogens is 4. The van der Waals surface area contributed by atoms with Gasteiger partial charge in [0, 0.05) is 50.3 Å². The number of anilines is 2. The van der Waals surface area contributed by atoms with Crippen molar-refractivity contribution in [1.29, 1.82) is 0 Å². The normalized spacial score (nSPS) is 14.1. The summed E-state index contributed by atoms with van der Waals surface area (Å²) >= 11 is 0. The average molecular weight is 491 g/mol. The summed E-state index contributed by atoms with van der Waals surface area (Å²) in [5.74, 6) is 4.25. The molecule has 3 aromatic heterocycles. The van der Waals surface area contributed by atoms with Crippen LogP contribution < -0.4 is 21.5 Å². The predicted molar refractivity (Wildman–Crippen MR) is 129 cm³/mol. The number of aromatic amines is 1. The van der Waals surface area contributed by atoms with Crippen LogP contribution in [0.5, 0.6) is 0 Å². The minimum Gasteiger partial charge on any atom is -0.403 e. The van der Waals surface area contributed by atoms with Crippen molar-refractivity contribution in [3.8, 4) is 11.3 Å². The number of fused-ring (bicyclic) bond motifs is 1. The summed E-state index contributed by atoms with van der Waals surface area (Å²) in [6, 6.07) is 9.49. The van der Waals surface area contributed by atoms with Crippen molar-refractivity contribution in [2.45, 2.75) is 0 Å². The molecule has 184 valence electrons. The Morgan fingerprint density at radius 2 is 1.89 bits per heavy atom. The highest BCUT2D eigenvalue weighted by Gasteiger charge is 2.31. The van der Waals surface area contributed by atoms with Gasteiger partial charge in [0.25, 0.3) is 11.7 Å². The largest absolute Gasteiger partial charge is 0.403 e. The van der Waals surface area contributed by atoms with Crippen LogP contribution in [0.25, 0.3) is 22.2 Å². The van der Waals surface area contributed by atoms with E-state index in [0.717, 1.165) is 16.8 Å². The summed E-state index contributed by atoms with van der Waals surface area (Å²) in [6.07, 6.45) is 4.72. The van der Waals surface area contributed by atoms with E-state index in [1.54, 1.807) is 0 Å². The van der Waals surface area contributed by atoms with Crippen molar-refractivity contribution < 1.29 is 18.6 Å². The molecule has 1 aliphatic heterocycles. The minimum atomic E-state index is -0.836. The lowest BCUT2D eigenvalue weighted by molar-refractivity contribution is -0.126. The number of rotatable bonds is 6.